The highest BCUT2D eigenvalue weighted by Gasteiger charge is 2.36. The molecule has 2 aromatic heterocycles. The van der Waals surface area contributed by atoms with Gasteiger partial charge in [0.15, 0.2) is 0 Å². The van der Waals surface area contributed by atoms with Crippen molar-refractivity contribution in [1.82, 2.24) is 19.0 Å². The number of fused-ring (bicyclic) bond motifs is 1. The van der Waals surface area contributed by atoms with Crippen LogP contribution in [0.25, 0.3) is 0 Å². The van der Waals surface area contributed by atoms with E-state index in [1.807, 2.05) is 4.57 Å². The number of hydrogen-bond acceptors (Lipinski definition) is 3. The summed E-state index contributed by atoms with van der Waals surface area (Å²) in [6.07, 6.45) is 3.49. The predicted octanol–water partition coefficient (Wildman–Crippen LogP) is 1.70. The number of carbonyl (C=O) groups is 2. The van der Waals surface area contributed by atoms with E-state index in [9.17, 15) is 14.7 Å². The molecule has 3 heterocycles. The Morgan fingerprint density at radius 1 is 1.42 bits per heavy atom. The van der Waals surface area contributed by atoms with E-state index in [4.69, 9.17) is 0 Å². The summed E-state index contributed by atoms with van der Waals surface area (Å²) < 4.78 is 3.66. The van der Waals surface area contributed by atoms with Crippen LogP contribution in [0.15, 0.2) is 24.7 Å². The van der Waals surface area contributed by atoms with E-state index >= 15 is 0 Å². The summed E-state index contributed by atoms with van der Waals surface area (Å²) in [5, 5.41) is 9.66. The first-order chi connectivity index (χ1) is 11.4. The van der Waals surface area contributed by atoms with Gasteiger partial charge in [-0.15, -0.1) is 0 Å². The molecule has 0 aliphatic carbocycles. The predicted molar refractivity (Wildman–Crippen MR) is 87.6 cm³/mol. The Labute approximate surface area is 140 Å². The quantitative estimate of drug-likeness (QED) is 0.925. The molecule has 1 N–H and O–H groups in total. The second-order valence-corrected chi connectivity index (χ2v) is 6.70. The van der Waals surface area contributed by atoms with E-state index in [0.717, 1.165) is 12.2 Å². The average Bonchev–Trinajstić information content (AvgIpc) is 3.11. The molecule has 1 amide bonds. The van der Waals surface area contributed by atoms with Gasteiger partial charge in [0, 0.05) is 26.3 Å². The van der Waals surface area contributed by atoms with E-state index in [1.54, 1.807) is 41.2 Å². The highest BCUT2D eigenvalue weighted by atomic mass is 16.4. The number of amides is 1. The molecule has 0 spiro atoms. The third kappa shape index (κ3) is 2.81. The number of carboxylic acid groups (broad SMARTS) is 1. The summed E-state index contributed by atoms with van der Waals surface area (Å²) in [5.41, 5.74) is 1.95. The van der Waals surface area contributed by atoms with E-state index in [-0.39, 0.29) is 12.5 Å². The SMILES string of the molecule is CC(C)Cn1cnc2c1[C@H](C(=O)O)CN(C(=O)c1cccn1C)C2. The number of hydrogen-bond donors (Lipinski definition) is 1. The Balaban J connectivity index is 1.94. The maximum absolute atomic E-state index is 12.7. The first-order valence-corrected chi connectivity index (χ1v) is 8.05. The highest BCUT2D eigenvalue weighted by Crippen LogP contribution is 2.29. The second kappa shape index (κ2) is 6.14. The molecule has 0 saturated carbocycles. The van der Waals surface area contributed by atoms with Crippen molar-refractivity contribution >= 4 is 11.9 Å². The van der Waals surface area contributed by atoms with Gasteiger partial charge >= 0.3 is 5.97 Å². The van der Waals surface area contributed by atoms with Crippen molar-refractivity contribution in [1.29, 1.82) is 0 Å². The van der Waals surface area contributed by atoms with Crippen LogP contribution in [-0.2, 0) is 24.9 Å². The van der Waals surface area contributed by atoms with Gasteiger partial charge in [0.05, 0.1) is 24.3 Å². The summed E-state index contributed by atoms with van der Waals surface area (Å²) in [6.45, 7) is 5.38. The van der Waals surface area contributed by atoms with E-state index in [1.165, 1.54) is 0 Å². The van der Waals surface area contributed by atoms with Gasteiger partial charge in [0.1, 0.15) is 11.6 Å². The minimum Gasteiger partial charge on any atom is -0.481 e. The van der Waals surface area contributed by atoms with Gasteiger partial charge in [0.2, 0.25) is 0 Å². The molecule has 24 heavy (non-hydrogen) atoms. The Kier molecular flexibility index (Phi) is 4.17. The number of aliphatic carboxylic acids is 1. The molecular weight excluding hydrogens is 308 g/mol. The summed E-state index contributed by atoms with van der Waals surface area (Å²) in [5.74, 6) is -1.45. The summed E-state index contributed by atoms with van der Waals surface area (Å²) >= 11 is 0. The fourth-order valence-corrected chi connectivity index (χ4v) is 3.24. The van der Waals surface area contributed by atoms with Crippen LogP contribution in [0.1, 0.15) is 41.6 Å². The Morgan fingerprint density at radius 2 is 2.17 bits per heavy atom. The molecule has 0 aromatic carbocycles. The number of imidazole rings is 1. The first kappa shape index (κ1) is 16.3. The number of aryl methyl sites for hydroxylation is 1. The minimum atomic E-state index is -0.925. The average molecular weight is 330 g/mol. The minimum absolute atomic E-state index is 0.163. The van der Waals surface area contributed by atoms with Crippen LogP contribution in [0, 0.1) is 5.92 Å². The van der Waals surface area contributed by atoms with Crippen LogP contribution in [0.5, 0.6) is 0 Å². The molecule has 3 rings (SSSR count). The van der Waals surface area contributed by atoms with Crippen LogP contribution in [0.3, 0.4) is 0 Å². The zero-order valence-corrected chi connectivity index (χ0v) is 14.1. The molecular formula is C17H22N4O3. The molecule has 1 aliphatic rings. The van der Waals surface area contributed by atoms with Crippen molar-refractivity contribution in [3.63, 3.8) is 0 Å². The maximum Gasteiger partial charge on any atom is 0.314 e. The van der Waals surface area contributed by atoms with Crippen LogP contribution in [-0.4, -0.2) is 42.5 Å². The van der Waals surface area contributed by atoms with Crippen LogP contribution in [0.4, 0.5) is 0 Å². The van der Waals surface area contributed by atoms with Crippen LogP contribution >= 0.6 is 0 Å². The van der Waals surface area contributed by atoms with Crippen molar-refractivity contribution in [3.05, 3.63) is 41.7 Å². The lowest BCUT2D eigenvalue weighted by Gasteiger charge is -2.31. The molecule has 0 unspecified atom stereocenters. The normalized spacial score (nSPS) is 17.2. The van der Waals surface area contributed by atoms with Gasteiger partial charge in [-0.05, 0) is 18.1 Å². The van der Waals surface area contributed by atoms with Gasteiger partial charge in [-0.1, -0.05) is 13.8 Å². The van der Waals surface area contributed by atoms with Crippen molar-refractivity contribution in [2.75, 3.05) is 6.54 Å². The third-order valence-corrected chi connectivity index (χ3v) is 4.34. The number of carboxylic acids is 1. The fraction of sp³-hybridized carbons (Fsp3) is 0.471. The van der Waals surface area contributed by atoms with Crippen molar-refractivity contribution in [2.24, 2.45) is 13.0 Å². The van der Waals surface area contributed by atoms with E-state index in [2.05, 4.69) is 18.8 Å². The Hall–Kier alpha value is -2.57. The van der Waals surface area contributed by atoms with Gasteiger partial charge in [-0.2, -0.15) is 0 Å². The number of nitrogens with zero attached hydrogens (tertiary/aromatic N) is 4. The lowest BCUT2D eigenvalue weighted by molar-refractivity contribution is -0.139. The smallest absolute Gasteiger partial charge is 0.314 e. The van der Waals surface area contributed by atoms with Gasteiger partial charge in [-0.25, -0.2) is 4.98 Å². The molecule has 1 atom stereocenters. The molecule has 0 fully saturated rings. The molecule has 0 bridgehead atoms. The fourth-order valence-electron chi connectivity index (χ4n) is 3.24. The lowest BCUT2D eigenvalue weighted by atomic mass is 9.97. The highest BCUT2D eigenvalue weighted by molar-refractivity contribution is 5.93. The topological polar surface area (TPSA) is 80.4 Å². The first-order valence-electron chi connectivity index (χ1n) is 8.05. The zero-order chi connectivity index (χ0) is 17.4. The van der Waals surface area contributed by atoms with Gasteiger partial charge in [-0.3, -0.25) is 9.59 Å². The van der Waals surface area contributed by atoms with E-state index < -0.39 is 11.9 Å². The zero-order valence-electron chi connectivity index (χ0n) is 14.1. The molecule has 2 aromatic rings. The largest absolute Gasteiger partial charge is 0.481 e. The standard InChI is InChI=1S/C17H22N4O3/c1-11(2)7-21-10-18-13-9-20(8-12(15(13)21)17(23)24)16(22)14-5-4-6-19(14)3/h4-6,10-12H,7-9H2,1-3H3,(H,23,24)/t12-/m1/s1. The summed E-state index contributed by atoms with van der Waals surface area (Å²) in [6, 6.07) is 3.54. The Morgan fingerprint density at radius 3 is 2.75 bits per heavy atom. The number of aromatic nitrogens is 3. The number of carbonyl (C=O) groups excluding carboxylic acids is 1. The molecule has 7 nitrogen and oxygen atoms in total. The summed E-state index contributed by atoms with van der Waals surface area (Å²) in [7, 11) is 1.80. The van der Waals surface area contributed by atoms with E-state index in [0.29, 0.717) is 23.9 Å². The Bertz CT molecular complexity index is 775. The molecule has 7 heteroatoms. The van der Waals surface area contributed by atoms with Crippen LogP contribution < -0.4 is 0 Å². The monoisotopic (exact) mass is 330 g/mol. The molecule has 0 radical (unpaired) electrons. The van der Waals surface area contributed by atoms with Crippen molar-refractivity contribution < 1.29 is 14.7 Å². The molecule has 128 valence electrons. The number of rotatable bonds is 4. The molecule has 0 saturated heterocycles. The van der Waals surface area contributed by atoms with Gasteiger partial charge < -0.3 is 19.1 Å². The second-order valence-electron chi connectivity index (χ2n) is 6.70. The van der Waals surface area contributed by atoms with Gasteiger partial charge in [0.25, 0.3) is 5.91 Å². The third-order valence-electron chi connectivity index (χ3n) is 4.34. The maximum atomic E-state index is 12.7. The molecule has 1 aliphatic heterocycles. The van der Waals surface area contributed by atoms with Crippen molar-refractivity contribution in [2.45, 2.75) is 32.9 Å². The van der Waals surface area contributed by atoms with Crippen molar-refractivity contribution in [3.8, 4) is 0 Å². The summed E-state index contributed by atoms with van der Waals surface area (Å²) in [4.78, 5) is 30.5. The lowest BCUT2D eigenvalue weighted by Crippen LogP contribution is -2.42. The van der Waals surface area contributed by atoms with Crippen LogP contribution in [0.2, 0.25) is 0 Å².